The number of rotatable bonds is 1. The fraction of sp³-hybridized carbons (Fsp3) is 0.556. The molecular weight excluding hydrogens is 354 g/mol. The van der Waals surface area contributed by atoms with E-state index in [9.17, 15) is 4.79 Å². The number of nitrogens with one attached hydrogen (secondary N) is 1. The molecule has 3 aliphatic heterocycles. The number of ether oxygens (including phenoxy) is 1. The molecule has 0 radical (unpaired) electrons. The maximum absolute atomic E-state index is 12.8. The molecular formula is C18H22ClN5O2. The predicted octanol–water partition coefficient (Wildman–Crippen LogP) is 2.79. The number of amides is 1. The maximum atomic E-state index is 12.8. The van der Waals surface area contributed by atoms with E-state index >= 15 is 0 Å². The van der Waals surface area contributed by atoms with Crippen LogP contribution in [0.15, 0.2) is 12.3 Å². The molecule has 0 spiro atoms. The number of carbonyl (C=O) groups is 1. The van der Waals surface area contributed by atoms with Crippen molar-refractivity contribution >= 4 is 28.6 Å². The Hall–Kier alpha value is -1.99. The summed E-state index contributed by atoms with van der Waals surface area (Å²) in [5, 5.41) is 4.53. The lowest BCUT2D eigenvalue weighted by Crippen LogP contribution is -2.76. The molecule has 0 aromatic carbocycles. The minimum atomic E-state index is -0.541. The van der Waals surface area contributed by atoms with E-state index in [0.717, 1.165) is 24.0 Å². The standard InChI is InChI=1S/C18H22ClN5O2/c1-10-22-13-8-21-14(5-12(13)15(19)23-10)18-6-11(7-20-9-18)24(18)16(25)26-17(2,3)4/h5,8,11,20H,6-7,9H2,1-4H3. The Morgan fingerprint density at radius 2 is 2.19 bits per heavy atom. The van der Waals surface area contributed by atoms with Gasteiger partial charge in [0.05, 0.1) is 23.4 Å². The van der Waals surface area contributed by atoms with Gasteiger partial charge in [-0.25, -0.2) is 14.8 Å². The summed E-state index contributed by atoms with van der Waals surface area (Å²) in [6.45, 7) is 8.81. The molecule has 3 saturated heterocycles. The van der Waals surface area contributed by atoms with E-state index in [0.29, 0.717) is 23.0 Å². The fourth-order valence-corrected chi connectivity index (χ4v) is 4.17. The van der Waals surface area contributed by atoms with Crippen LogP contribution in [0.4, 0.5) is 4.79 Å². The van der Waals surface area contributed by atoms with Gasteiger partial charge in [-0.3, -0.25) is 9.88 Å². The van der Waals surface area contributed by atoms with Gasteiger partial charge in [0, 0.05) is 18.5 Å². The molecule has 1 amide bonds. The highest BCUT2D eigenvalue weighted by Gasteiger charge is 2.59. The van der Waals surface area contributed by atoms with E-state index in [-0.39, 0.29) is 12.1 Å². The van der Waals surface area contributed by atoms with E-state index in [1.807, 2.05) is 31.7 Å². The number of fused-ring (bicyclic) bond motifs is 3. The summed E-state index contributed by atoms with van der Waals surface area (Å²) in [5.41, 5.74) is 0.425. The van der Waals surface area contributed by atoms with Crippen LogP contribution in [0.2, 0.25) is 5.15 Å². The number of carbonyl (C=O) groups excluding carboxylic acids is 1. The third-order valence-corrected chi connectivity index (χ3v) is 5.20. The van der Waals surface area contributed by atoms with Crippen LogP contribution in [0.1, 0.15) is 38.7 Å². The molecule has 1 N–H and O–H groups in total. The Morgan fingerprint density at radius 1 is 1.42 bits per heavy atom. The first-order valence-corrected chi connectivity index (χ1v) is 9.11. The van der Waals surface area contributed by atoms with Crippen molar-refractivity contribution in [3.63, 3.8) is 0 Å². The van der Waals surface area contributed by atoms with Gasteiger partial charge in [-0.2, -0.15) is 0 Å². The Kier molecular flexibility index (Phi) is 3.86. The number of piperazine rings is 1. The quantitative estimate of drug-likeness (QED) is 0.772. The maximum Gasteiger partial charge on any atom is 0.411 e. The normalized spacial score (nSPS) is 25.1. The van der Waals surface area contributed by atoms with Crippen LogP contribution in [0.25, 0.3) is 10.9 Å². The number of nitrogens with zero attached hydrogens (tertiary/aromatic N) is 4. The molecule has 2 unspecified atom stereocenters. The summed E-state index contributed by atoms with van der Waals surface area (Å²) in [4.78, 5) is 27.9. The van der Waals surface area contributed by atoms with Gasteiger partial charge >= 0.3 is 6.09 Å². The number of hydrogen-bond acceptors (Lipinski definition) is 6. The van der Waals surface area contributed by atoms with Crippen molar-refractivity contribution < 1.29 is 9.53 Å². The molecule has 3 fully saturated rings. The molecule has 3 aliphatic rings. The number of piperidine rings is 1. The molecule has 26 heavy (non-hydrogen) atoms. The third-order valence-electron chi connectivity index (χ3n) is 4.91. The van der Waals surface area contributed by atoms with Gasteiger partial charge in [-0.05, 0) is 40.2 Å². The topological polar surface area (TPSA) is 80.2 Å². The summed E-state index contributed by atoms with van der Waals surface area (Å²) in [6, 6.07) is 2.01. The molecule has 7 nitrogen and oxygen atoms in total. The second-order valence-electron chi connectivity index (χ2n) is 8.02. The van der Waals surface area contributed by atoms with Crippen molar-refractivity contribution in [1.29, 1.82) is 0 Å². The number of aromatic nitrogens is 3. The van der Waals surface area contributed by atoms with Gasteiger partial charge in [0.25, 0.3) is 0 Å². The van der Waals surface area contributed by atoms with Crippen molar-refractivity contribution in [1.82, 2.24) is 25.2 Å². The molecule has 5 heterocycles. The predicted molar refractivity (Wildman–Crippen MR) is 98.1 cm³/mol. The second kappa shape index (κ2) is 5.76. The first kappa shape index (κ1) is 17.4. The van der Waals surface area contributed by atoms with Gasteiger partial charge in [-0.1, -0.05) is 11.6 Å². The molecule has 5 rings (SSSR count). The Balaban J connectivity index is 1.75. The Labute approximate surface area is 157 Å². The monoisotopic (exact) mass is 375 g/mol. The van der Waals surface area contributed by atoms with E-state index in [2.05, 4.69) is 20.3 Å². The van der Waals surface area contributed by atoms with Crippen molar-refractivity contribution in [3.8, 4) is 0 Å². The van der Waals surface area contributed by atoms with Crippen molar-refractivity contribution in [2.75, 3.05) is 13.1 Å². The summed E-state index contributed by atoms with van der Waals surface area (Å²) < 4.78 is 5.63. The largest absolute Gasteiger partial charge is 0.444 e. The highest BCUT2D eigenvalue weighted by atomic mass is 35.5. The lowest BCUT2D eigenvalue weighted by molar-refractivity contribution is -0.105. The van der Waals surface area contributed by atoms with Gasteiger partial charge in [0.1, 0.15) is 22.1 Å². The third kappa shape index (κ3) is 2.70. The van der Waals surface area contributed by atoms with Crippen molar-refractivity contribution in [3.05, 3.63) is 28.9 Å². The van der Waals surface area contributed by atoms with Crippen LogP contribution in [-0.2, 0) is 10.3 Å². The van der Waals surface area contributed by atoms with Crippen LogP contribution in [0.5, 0.6) is 0 Å². The smallest absolute Gasteiger partial charge is 0.411 e. The van der Waals surface area contributed by atoms with Crippen molar-refractivity contribution in [2.24, 2.45) is 0 Å². The minimum Gasteiger partial charge on any atom is -0.444 e. The van der Waals surface area contributed by atoms with Crippen LogP contribution >= 0.6 is 11.6 Å². The van der Waals surface area contributed by atoms with E-state index < -0.39 is 11.1 Å². The lowest BCUT2D eigenvalue weighted by atomic mass is 9.72. The molecule has 2 atom stereocenters. The van der Waals surface area contributed by atoms with Gasteiger partial charge in [0.2, 0.25) is 0 Å². The van der Waals surface area contributed by atoms with Crippen LogP contribution in [-0.4, -0.2) is 50.7 Å². The SMILES string of the molecule is Cc1nc(Cl)c2cc(C34CNCC(C3)N4C(=O)OC(C)(C)C)ncc2n1. The Bertz CT molecular complexity index is 893. The van der Waals surface area contributed by atoms with E-state index in [1.54, 1.807) is 13.1 Å². The van der Waals surface area contributed by atoms with Crippen LogP contribution in [0.3, 0.4) is 0 Å². The number of aryl methyl sites for hydroxylation is 1. The van der Waals surface area contributed by atoms with Gasteiger partial charge < -0.3 is 10.1 Å². The summed E-state index contributed by atoms with van der Waals surface area (Å²) in [7, 11) is 0. The van der Waals surface area contributed by atoms with E-state index in [1.165, 1.54) is 0 Å². The zero-order chi connectivity index (χ0) is 18.7. The molecule has 2 aromatic rings. The highest BCUT2D eigenvalue weighted by Crippen LogP contribution is 2.47. The zero-order valence-corrected chi connectivity index (χ0v) is 16.1. The minimum absolute atomic E-state index is 0.112. The average molecular weight is 376 g/mol. The summed E-state index contributed by atoms with van der Waals surface area (Å²) >= 11 is 6.32. The second-order valence-corrected chi connectivity index (χ2v) is 8.38. The molecule has 2 bridgehead atoms. The highest BCUT2D eigenvalue weighted by molar-refractivity contribution is 6.34. The van der Waals surface area contributed by atoms with Gasteiger partial charge in [0.15, 0.2) is 0 Å². The lowest BCUT2D eigenvalue weighted by Gasteiger charge is -2.61. The van der Waals surface area contributed by atoms with Crippen LogP contribution in [0, 0.1) is 6.92 Å². The summed E-state index contributed by atoms with van der Waals surface area (Å²) in [6.07, 6.45) is 2.25. The van der Waals surface area contributed by atoms with E-state index in [4.69, 9.17) is 16.3 Å². The first-order chi connectivity index (χ1) is 12.2. The van der Waals surface area contributed by atoms with Crippen LogP contribution < -0.4 is 5.32 Å². The number of halogens is 1. The molecule has 8 heteroatoms. The fourth-order valence-electron chi connectivity index (χ4n) is 3.89. The van der Waals surface area contributed by atoms with Gasteiger partial charge in [-0.15, -0.1) is 0 Å². The molecule has 0 saturated carbocycles. The number of pyridine rings is 1. The Morgan fingerprint density at radius 3 is 2.88 bits per heavy atom. The average Bonchev–Trinajstić information content (AvgIpc) is 2.52. The molecule has 138 valence electrons. The molecule has 2 aromatic heterocycles. The van der Waals surface area contributed by atoms with Crippen molar-refractivity contribution in [2.45, 2.75) is 51.3 Å². The zero-order valence-electron chi connectivity index (χ0n) is 15.3. The molecule has 0 aliphatic carbocycles. The summed E-state index contributed by atoms with van der Waals surface area (Å²) in [5.74, 6) is 0.605. The number of hydrogen-bond donors (Lipinski definition) is 1. The first-order valence-electron chi connectivity index (χ1n) is 8.73.